The van der Waals surface area contributed by atoms with Crippen molar-refractivity contribution in [2.45, 2.75) is 26.3 Å². The second-order valence-electron chi connectivity index (χ2n) is 5.51. The fraction of sp³-hybridized carbons (Fsp3) is 0.529. The molecule has 0 spiro atoms. The molecule has 2 rings (SSSR count). The summed E-state index contributed by atoms with van der Waals surface area (Å²) in [7, 11) is 0. The number of rotatable bonds is 6. The molecule has 0 bridgehead atoms. The molecule has 1 aliphatic rings. The van der Waals surface area contributed by atoms with Crippen LogP contribution in [0.4, 0.5) is 0 Å². The van der Waals surface area contributed by atoms with Gasteiger partial charge in [0.25, 0.3) is 5.91 Å². The number of ether oxygens (including phenoxy) is 2. The minimum absolute atomic E-state index is 0.0889. The van der Waals surface area contributed by atoms with Gasteiger partial charge in [0, 0.05) is 13.1 Å². The first-order valence-electron chi connectivity index (χ1n) is 7.97. The van der Waals surface area contributed by atoms with E-state index >= 15 is 0 Å². The van der Waals surface area contributed by atoms with E-state index < -0.39 is 6.04 Å². The van der Waals surface area contributed by atoms with E-state index in [0.717, 1.165) is 6.42 Å². The molecule has 6 nitrogen and oxygen atoms in total. The van der Waals surface area contributed by atoms with Crippen LogP contribution in [0.3, 0.4) is 0 Å². The third-order valence-electron chi connectivity index (χ3n) is 3.77. The van der Waals surface area contributed by atoms with Gasteiger partial charge in [-0.1, -0.05) is 19.1 Å². The Labute approximate surface area is 136 Å². The van der Waals surface area contributed by atoms with Crippen LogP contribution in [0, 0.1) is 0 Å². The van der Waals surface area contributed by atoms with Crippen molar-refractivity contribution in [1.29, 1.82) is 0 Å². The van der Waals surface area contributed by atoms with Gasteiger partial charge < -0.3 is 19.7 Å². The third-order valence-corrected chi connectivity index (χ3v) is 3.77. The fourth-order valence-corrected chi connectivity index (χ4v) is 2.37. The van der Waals surface area contributed by atoms with Crippen LogP contribution in [0.2, 0.25) is 0 Å². The number of aryl methyl sites for hydroxylation is 1. The largest absolute Gasteiger partial charge is 0.484 e. The van der Waals surface area contributed by atoms with Crippen molar-refractivity contribution in [3.8, 4) is 5.75 Å². The van der Waals surface area contributed by atoms with Crippen molar-refractivity contribution in [2.75, 3.05) is 32.9 Å². The van der Waals surface area contributed by atoms with Gasteiger partial charge in [0.1, 0.15) is 11.8 Å². The summed E-state index contributed by atoms with van der Waals surface area (Å²) in [5.74, 6) is 0.247. The maximum absolute atomic E-state index is 12.2. The van der Waals surface area contributed by atoms with E-state index in [0.29, 0.717) is 32.1 Å². The molecule has 0 aromatic heterocycles. The molecule has 1 aromatic carbocycles. The van der Waals surface area contributed by atoms with E-state index in [4.69, 9.17) is 9.47 Å². The van der Waals surface area contributed by atoms with Gasteiger partial charge in [-0.25, -0.2) is 0 Å². The first kappa shape index (κ1) is 17.3. The molecule has 1 aromatic rings. The number of nitrogens with zero attached hydrogens (tertiary/aromatic N) is 1. The van der Waals surface area contributed by atoms with Crippen LogP contribution >= 0.6 is 0 Å². The summed E-state index contributed by atoms with van der Waals surface area (Å²) in [6.45, 7) is 5.89. The van der Waals surface area contributed by atoms with Gasteiger partial charge in [-0.2, -0.15) is 0 Å². The summed E-state index contributed by atoms with van der Waals surface area (Å²) < 4.78 is 10.6. The quantitative estimate of drug-likeness (QED) is 0.849. The first-order valence-corrected chi connectivity index (χ1v) is 7.97. The number of morpholine rings is 1. The number of nitrogens with one attached hydrogen (secondary N) is 1. The zero-order chi connectivity index (χ0) is 16.7. The third kappa shape index (κ3) is 5.25. The van der Waals surface area contributed by atoms with Crippen LogP contribution in [0.5, 0.6) is 5.75 Å². The Hall–Kier alpha value is -2.08. The molecule has 2 amide bonds. The number of hydrogen-bond acceptors (Lipinski definition) is 4. The Morgan fingerprint density at radius 2 is 1.91 bits per heavy atom. The lowest BCUT2D eigenvalue weighted by Crippen LogP contribution is -2.51. The van der Waals surface area contributed by atoms with Crippen molar-refractivity contribution in [2.24, 2.45) is 0 Å². The van der Waals surface area contributed by atoms with Crippen molar-refractivity contribution < 1.29 is 19.1 Å². The highest BCUT2D eigenvalue weighted by Crippen LogP contribution is 2.12. The second-order valence-corrected chi connectivity index (χ2v) is 5.51. The van der Waals surface area contributed by atoms with E-state index in [1.807, 2.05) is 24.3 Å². The Morgan fingerprint density at radius 1 is 1.26 bits per heavy atom. The SMILES string of the molecule is CCc1ccc(OCC(=O)NC(C)C(=O)N2CCOCC2)cc1. The van der Waals surface area contributed by atoms with Gasteiger partial charge in [0.15, 0.2) is 6.61 Å². The molecule has 0 aliphatic carbocycles. The lowest BCUT2D eigenvalue weighted by molar-refractivity contribution is -0.139. The maximum atomic E-state index is 12.2. The van der Waals surface area contributed by atoms with E-state index in [-0.39, 0.29) is 18.4 Å². The smallest absolute Gasteiger partial charge is 0.258 e. The zero-order valence-corrected chi connectivity index (χ0v) is 13.7. The normalized spacial score (nSPS) is 15.8. The van der Waals surface area contributed by atoms with Gasteiger partial charge in [0.2, 0.25) is 5.91 Å². The molecule has 126 valence electrons. The lowest BCUT2D eigenvalue weighted by Gasteiger charge is -2.29. The lowest BCUT2D eigenvalue weighted by atomic mass is 10.2. The number of hydrogen-bond donors (Lipinski definition) is 1. The van der Waals surface area contributed by atoms with Crippen LogP contribution < -0.4 is 10.1 Å². The van der Waals surface area contributed by atoms with E-state index in [1.165, 1.54) is 5.56 Å². The van der Waals surface area contributed by atoms with Gasteiger partial charge in [-0.3, -0.25) is 9.59 Å². The minimum Gasteiger partial charge on any atom is -0.484 e. The highest BCUT2D eigenvalue weighted by molar-refractivity contribution is 5.87. The molecule has 1 N–H and O–H groups in total. The molecular formula is C17H24N2O4. The minimum atomic E-state index is -0.563. The summed E-state index contributed by atoms with van der Waals surface area (Å²) in [6.07, 6.45) is 0.960. The molecule has 0 saturated carbocycles. The fourth-order valence-electron chi connectivity index (χ4n) is 2.37. The van der Waals surface area contributed by atoms with Crippen molar-refractivity contribution in [3.63, 3.8) is 0 Å². The standard InChI is InChI=1S/C17H24N2O4/c1-3-14-4-6-15(7-5-14)23-12-16(20)18-13(2)17(21)19-8-10-22-11-9-19/h4-7,13H,3,8-12H2,1-2H3,(H,18,20). The van der Waals surface area contributed by atoms with Gasteiger partial charge >= 0.3 is 0 Å². The monoisotopic (exact) mass is 320 g/mol. The van der Waals surface area contributed by atoms with E-state index in [9.17, 15) is 9.59 Å². The van der Waals surface area contributed by atoms with E-state index in [1.54, 1.807) is 11.8 Å². The Morgan fingerprint density at radius 3 is 2.52 bits per heavy atom. The van der Waals surface area contributed by atoms with Crippen LogP contribution in [-0.4, -0.2) is 55.7 Å². The van der Waals surface area contributed by atoms with Crippen LogP contribution in [-0.2, 0) is 20.7 Å². The summed E-state index contributed by atoms with van der Waals surface area (Å²) >= 11 is 0. The number of carbonyl (C=O) groups is 2. The summed E-state index contributed by atoms with van der Waals surface area (Å²) in [5, 5.41) is 2.67. The molecule has 1 aliphatic heterocycles. The summed E-state index contributed by atoms with van der Waals surface area (Å²) in [6, 6.07) is 7.06. The summed E-state index contributed by atoms with van der Waals surface area (Å²) in [5.41, 5.74) is 1.21. The van der Waals surface area contributed by atoms with E-state index in [2.05, 4.69) is 12.2 Å². The highest BCUT2D eigenvalue weighted by Gasteiger charge is 2.23. The average Bonchev–Trinajstić information content (AvgIpc) is 2.60. The molecule has 1 heterocycles. The average molecular weight is 320 g/mol. The Kier molecular flexibility index (Phi) is 6.40. The van der Waals surface area contributed by atoms with Gasteiger partial charge in [-0.05, 0) is 31.0 Å². The number of amides is 2. The van der Waals surface area contributed by atoms with Gasteiger partial charge in [0.05, 0.1) is 13.2 Å². The second kappa shape index (κ2) is 8.53. The molecule has 6 heteroatoms. The first-order chi connectivity index (χ1) is 11.1. The van der Waals surface area contributed by atoms with Crippen molar-refractivity contribution in [1.82, 2.24) is 10.2 Å². The number of benzene rings is 1. The molecule has 0 radical (unpaired) electrons. The van der Waals surface area contributed by atoms with Crippen molar-refractivity contribution >= 4 is 11.8 Å². The molecule has 1 unspecified atom stereocenters. The molecular weight excluding hydrogens is 296 g/mol. The topological polar surface area (TPSA) is 67.9 Å². The van der Waals surface area contributed by atoms with Crippen molar-refractivity contribution in [3.05, 3.63) is 29.8 Å². The predicted octanol–water partition coefficient (Wildman–Crippen LogP) is 0.991. The maximum Gasteiger partial charge on any atom is 0.258 e. The zero-order valence-electron chi connectivity index (χ0n) is 13.7. The Balaban J connectivity index is 1.75. The van der Waals surface area contributed by atoms with Gasteiger partial charge in [-0.15, -0.1) is 0 Å². The molecule has 23 heavy (non-hydrogen) atoms. The summed E-state index contributed by atoms with van der Waals surface area (Å²) in [4.78, 5) is 25.8. The molecule has 1 saturated heterocycles. The Bertz CT molecular complexity index is 524. The van der Waals surface area contributed by atoms with Crippen LogP contribution in [0.1, 0.15) is 19.4 Å². The van der Waals surface area contributed by atoms with Crippen LogP contribution in [0.25, 0.3) is 0 Å². The van der Waals surface area contributed by atoms with Crippen LogP contribution in [0.15, 0.2) is 24.3 Å². The highest BCUT2D eigenvalue weighted by atomic mass is 16.5. The molecule has 1 atom stereocenters. The number of carbonyl (C=O) groups excluding carboxylic acids is 2. The molecule has 1 fully saturated rings. The predicted molar refractivity (Wildman–Crippen MR) is 86.3 cm³/mol.